The zero-order valence-electron chi connectivity index (χ0n) is 14.8. The molecule has 0 spiro atoms. The summed E-state index contributed by atoms with van der Waals surface area (Å²) in [5.41, 5.74) is 2.97. The first-order chi connectivity index (χ1) is 12.6. The molecule has 0 saturated carbocycles. The highest BCUT2D eigenvalue weighted by molar-refractivity contribution is 5.82. The highest BCUT2D eigenvalue weighted by Crippen LogP contribution is 2.32. The van der Waals surface area contributed by atoms with Gasteiger partial charge in [-0.25, -0.2) is 0 Å². The van der Waals surface area contributed by atoms with Crippen LogP contribution < -0.4 is 5.43 Å². The molecular weight excluding hydrogens is 326 g/mol. The molecular formula is C21H21N3O2. The summed E-state index contributed by atoms with van der Waals surface area (Å²) in [6, 6.07) is 15.8. The Labute approximate surface area is 151 Å². The highest BCUT2D eigenvalue weighted by Gasteiger charge is 2.30. The predicted molar refractivity (Wildman–Crippen MR) is 101 cm³/mol. The third kappa shape index (κ3) is 3.01. The van der Waals surface area contributed by atoms with E-state index < -0.39 is 0 Å². The Hall–Kier alpha value is -2.95. The van der Waals surface area contributed by atoms with Crippen LogP contribution in [0.4, 0.5) is 0 Å². The van der Waals surface area contributed by atoms with E-state index in [2.05, 4.69) is 36.3 Å². The summed E-state index contributed by atoms with van der Waals surface area (Å²) in [4.78, 5) is 26.9. The van der Waals surface area contributed by atoms with E-state index in [4.69, 9.17) is 0 Å². The summed E-state index contributed by atoms with van der Waals surface area (Å²) >= 11 is 0. The van der Waals surface area contributed by atoms with Crippen molar-refractivity contribution in [3.05, 3.63) is 76.1 Å². The molecule has 2 aromatic carbocycles. The first kappa shape index (κ1) is 16.5. The van der Waals surface area contributed by atoms with Gasteiger partial charge < -0.3 is 4.90 Å². The standard InChI is InChI=1S/C21H21N3O2/c1-15-8-10-16(11-9-15)18-7-4-12-23(18)21(26)14-24-19-6-3-2-5-17(19)20(25)13-22-24/h2-3,5-6,8-11,13,18H,4,7,12,14H2,1H3. The lowest BCUT2D eigenvalue weighted by Crippen LogP contribution is -2.34. The van der Waals surface area contributed by atoms with Crippen molar-refractivity contribution >= 4 is 16.8 Å². The largest absolute Gasteiger partial charge is 0.334 e. The summed E-state index contributed by atoms with van der Waals surface area (Å²) in [7, 11) is 0. The zero-order valence-corrected chi connectivity index (χ0v) is 14.8. The number of amides is 1. The Morgan fingerprint density at radius 1 is 1.15 bits per heavy atom. The lowest BCUT2D eigenvalue weighted by Gasteiger charge is -2.25. The van der Waals surface area contributed by atoms with Crippen LogP contribution in [0.15, 0.2) is 59.5 Å². The van der Waals surface area contributed by atoms with E-state index in [9.17, 15) is 9.59 Å². The fourth-order valence-corrected chi connectivity index (χ4v) is 3.71. The van der Waals surface area contributed by atoms with Crippen molar-refractivity contribution in [1.82, 2.24) is 14.7 Å². The predicted octanol–water partition coefficient (Wildman–Crippen LogP) is 3.07. The lowest BCUT2D eigenvalue weighted by atomic mass is 10.0. The molecule has 0 aliphatic carbocycles. The Kier molecular flexibility index (Phi) is 4.29. The van der Waals surface area contributed by atoms with Crippen molar-refractivity contribution in [3.8, 4) is 0 Å². The Morgan fingerprint density at radius 3 is 2.73 bits per heavy atom. The minimum absolute atomic E-state index is 0.0365. The van der Waals surface area contributed by atoms with E-state index in [0.29, 0.717) is 10.9 Å². The van der Waals surface area contributed by atoms with E-state index in [-0.39, 0.29) is 23.9 Å². The van der Waals surface area contributed by atoms with E-state index in [0.717, 1.165) is 19.4 Å². The molecule has 26 heavy (non-hydrogen) atoms. The molecule has 4 rings (SSSR count). The number of likely N-dealkylation sites (tertiary alicyclic amines) is 1. The van der Waals surface area contributed by atoms with E-state index in [1.807, 2.05) is 23.1 Å². The SMILES string of the molecule is Cc1ccc(C2CCCN2C(=O)Cn2ncc(=O)c3ccccc32)cc1. The number of carbonyl (C=O) groups excluding carboxylic acids is 1. The molecule has 1 fully saturated rings. The summed E-state index contributed by atoms with van der Waals surface area (Å²) in [6.07, 6.45) is 3.27. The fraction of sp³-hybridized carbons (Fsp3) is 0.286. The van der Waals surface area contributed by atoms with Crippen LogP contribution in [-0.2, 0) is 11.3 Å². The average molecular weight is 347 g/mol. The van der Waals surface area contributed by atoms with Crippen molar-refractivity contribution < 1.29 is 4.79 Å². The normalized spacial score (nSPS) is 17.0. The second-order valence-electron chi connectivity index (χ2n) is 6.84. The molecule has 0 radical (unpaired) electrons. The second-order valence-corrected chi connectivity index (χ2v) is 6.84. The Balaban J connectivity index is 1.61. The fourth-order valence-electron chi connectivity index (χ4n) is 3.71. The molecule has 1 saturated heterocycles. The van der Waals surface area contributed by atoms with Gasteiger partial charge in [-0.2, -0.15) is 5.10 Å². The average Bonchev–Trinajstić information content (AvgIpc) is 3.15. The van der Waals surface area contributed by atoms with Gasteiger partial charge in [0, 0.05) is 11.9 Å². The van der Waals surface area contributed by atoms with E-state index in [1.165, 1.54) is 17.3 Å². The molecule has 1 unspecified atom stereocenters. The minimum Gasteiger partial charge on any atom is -0.334 e. The maximum atomic E-state index is 13.0. The van der Waals surface area contributed by atoms with Crippen LogP contribution in [0.1, 0.15) is 30.0 Å². The molecule has 132 valence electrons. The van der Waals surface area contributed by atoms with Crippen molar-refractivity contribution in [3.63, 3.8) is 0 Å². The molecule has 1 aliphatic heterocycles. The summed E-state index contributed by atoms with van der Waals surface area (Å²) in [6.45, 7) is 2.97. The third-order valence-electron chi connectivity index (χ3n) is 5.08. The van der Waals surface area contributed by atoms with Crippen molar-refractivity contribution in [2.75, 3.05) is 6.54 Å². The van der Waals surface area contributed by atoms with Gasteiger partial charge in [0.2, 0.25) is 11.3 Å². The smallest absolute Gasteiger partial charge is 0.244 e. The van der Waals surface area contributed by atoms with Crippen LogP contribution in [0.2, 0.25) is 0 Å². The van der Waals surface area contributed by atoms with Gasteiger partial charge in [0.1, 0.15) is 6.54 Å². The van der Waals surface area contributed by atoms with Crippen molar-refractivity contribution in [1.29, 1.82) is 0 Å². The Bertz CT molecular complexity index is 1010. The number of para-hydroxylation sites is 1. The number of rotatable bonds is 3. The number of nitrogens with zero attached hydrogens (tertiary/aromatic N) is 3. The van der Waals surface area contributed by atoms with Crippen molar-refractivity contribution in [2.24, 2.45) is 0 Å². The molecule has 1 aromatic heterocycles. The van der Waals surface area contributed by atoms with Crippen LogP contribution in [0.25, 0.3) is 10.9 Å². The van der Waals surface area contributed by atoms with Gasteiger partial charge in [0.25, 0.3) is 0 Å². The quantitative estimate of drug-likeness (QED) is 0.732. The topological polar surface area (TPSA) is 55.2 Å². The first-order valence-corrected chi connectivity index (χ1v) is 8.94. The summed E-state index contributed by atoms with van der Waals surface area (Å²) in [5, 5.41) is 4.77. The van der Waals surface area contributed by atoms with Crippen LogP contribution in [0.3, 0.4) is 0 Å². The molecule has 5 nitrogen and oxygen atoms in total. The van der Waals surface area contributed by atoms with Crippen molar-refractivity contribution in [2.45, 2.75) is 32.4 Å². The van der Waals surface area contributed by atoms with Gasteiger partial charge in [-0.15, -0.1) is 0 Å². The van der Waals surface area contributed by atoms with E-state index in [1.54, 1.807) is 10.7 Å². The molecule has 0 N–H and O–H groups in total. The number of aryl methyl sites for hydroxylation is 1. The number of fused-ring (bicyclic) bond motifs is 1. The summed E-state index contributed by atoms with van der Waals surface area (Å²) in [5.74, 6) is 0.0365. The van der Waals surface area contributed by atoms with Crippen LogP contribution in [0, 0.1) is 6.92 Å². The summed E-state index contributed by atoms with van der Waals surface area (Å²) < 4.78 is 1.63. The number of carbonyl (C=O) groups is 1. The van der Waals surface area contributed by atoms with Crippen LogP contribution in [0.5, 0.6) is 0 Å². The third-order valence-corrected chi connectivity index (χ3v) is 5.08. The number of hydrogen-bond acceptors (Lipinski definition) is 3. The minimum atomic E-state index is -0.122. The first-order valence-electron chi connectivity index (χ1n) is 8.94. The second kappa shape index (κ2) is 6.75. The van der Waals surface area contributed by atoms with Gasteiger partial charge in [-0.3, -0.25) is 14.3 Å². The van der Waals surface area contributed by atoms with Gasteiger partial charge in [0.15, 0.2) is 0 Å². The lowest BCUT2D eigenvalue weighted by molar-refractivity contribution is -0.132. The number of aromatic nitrogens is 2. The van der Waals surface area contributed by atoms with Crippen LogP contribution in [-0.4, -0.2) is 27.1 Å². The monoisotopic (exact) mass is 347 g/mol. The van der Waals surface area contributed by atoms with Crippen LogP contribution >= 0.6 is 0 Å². The number of benzene rings is 2. The maximum Gasteiger partial charge on any atom is 0.244 e. The molecule has 1 amide bonds. The molecule has 1 aliphatic rings. The molecule has 5 heteroatoms. The molecule has 0 bridgehead atoms. The maximum absolute atomic E-state index is 13.0. The van der Waals surface area contributed by atoms with Gasteiger partial charge >= 0.3 is 0 Å². The molecule has 1 atom stereocenters. The van der Waals surface area contributed by atoms with Gasteiger partial charge in [0.05, 0.1) is 17.8 Å². The van der Waals surface area contributed by atoms with Gasteiger partial charge in [-0.1, -0.05) is 42.0 Å². The van der Waals surface area contributed by atoms with E-state index >= 15 is 0 Å². The molecule has 3 aromatic rings. The Morgan fingerprint density at radius 2 is 1.92 bits per heavy atom. The zero-order chi connectivity index (χ0) is 18.1. The molecule has 2 heterocycles. The highest BCUT2D eigenvalue weighted by atomic mass is 16.2. The van der Waals surface area contributed by atoms with Gasteiger partial charge in [-0.05, 0) is 37.5 Å². The number of hydrogen-bond donors (Lipinski definition) is 0.